The van der Waals surface area contributed by atoms with Crippen LogP contribution in [0.2, 0.25) is 0 Å². The summed E-state index contributed by atoms with van der Waals surface area (Å²) < 4.78 is 1.91. The van der Waals surface area contributed by atoms with Crippen molar-refractivity contribution in [3.05, 3.63) is 41.2 Å². The van der Waals surface area contributed by atoms with Crippen molar-refractivity contribution < 1.29 is 5.11 Å². The number of hydrogen-bond donors (Lipinski definition) is 1. The lowest BCUT2D eigenvalue weighted by atomic mass is 9.86. The molecule has 3 heteroatoms. The lowest BCUT2D eigenvalue weighted by molar-refractivity contribution is 0.422. The van der Waals surface area contributed by atoms with Crippen LogP contribution in [0.4, 0.5) is 0 Å². The smallest absolute Gasteiger partial charge is 0.161 e. The van der Waals surface area contributed by atoms with Gasteiger partial charge in [-0.1, -0.05) is 59.7 Å². The SMILES string of the molecule is Cc1ccccc1-n1nc(C(C)(C)C)c(O)c1C(C)(C)C. The van der Waals surface area contributed by atoms with Crippen molar-refractivity contribution in [3.63, 3.8) is 0 Å². The van der Waals surface area contributed by atoms with Crippen LogP contribution in [0.3, 0.4) is 0 Å². The summed E-state index contributed by atoms with van der Waals surface area (Å²) in [7, 11) is 0. The van der Waals surface area contributed by atoms with Gasteiger partial charge < -0.3 is 5.11 Å². The molecule has 3 nitrogen and oxygen atoms in total. The van der Waals surface area contributed by atoms with E-state index in [9.17, 15) is 5.11 Å². The molecule has 0 saturated carbocycles. The lowest BCUT2D eigenvalue weighted by Gasteiger charge is -2.21. The summed E-state index contributed by atoms with van der Waals surface area (Å²) in [6.45, 7) is 14.6. The van der Waals surface area contributed by atoms with Gasteiger partial charge in [0, 0.05) is 10.8 Å². The number of para-hydroxylation sites is 1. The first kappa shape index (κ1) is 15.6. The van der Waals surface area contributed by atoms with Gasteiger partial charge in [0.05, 0.1) is 11.4 Å². The van der Waals surface area contributed by atoms with Crippen molar-refractivity contribution in [2.75, 3.05) is 0 Å². The van der Waals surface area contributed by atoms with E-state index in [0.717, 1.165) is 22.6 Å². The van der Waals surface area contributed by atoms with Crippen LogP contribution in [0, 0.1) is 6.92 Å². The first-order valence-electron chi connectivity index (χ1n) is 7.42. The van der Waals surface area contributed by atoms with Gasteiger partial charge in [-0.05, 0) is 18.6 Å². The summed E-state index contributed by atoms with van der Waals surface area (Å²) in [6.07, 6.45) is 0. The van der Waals surface area contributed by atoms with E-state index in [-0.39, 0.29) is 10.8 Å². The van der Waals surface area contributed by atoms with E-state index >= 15 is 0 Å². The number of nitrogens with zero attached hydrogens (tertiary/aromatic N) is 2. The van der Waals surface area contributed by atoms with Gasteiger partial charge in [-0.25, -0.2) is 4.68 Å². The Morgan fingerprint density at radius 1 is 0.952 bits per heavy atom. The standard InChI is InChI=1S/C18H26N2O/c1-12-10-8-9-11-13(12)20-16(18(5,6)7)14(21)15(19-20)17(2,3)4/h8-11,21H,1-7H3. The Hall–Kier alpha value is -1.77. The number of aromatic hydroxyl groups is 1. The van der Waals surface area contributed by atoms with E-state index < -0.39 is 0 Å². The minimum atomic E-state index is -0.196. The van der Waals surface area contributed by atoms with Crippen LogP contribution in [0.1, 0.15) is 58.5 Å². The third-order valence-corrected chi connectivity index (χ3v) is 3.62. The van der Waals surface area contributed by atoms with E-state index in [4.69, 9.17) is 5.10 Å². The molecule has 2 rings (SSSR count). The molecule has 0 aliphatic carbocycles. The third kappa shape index (κ3) is 2.82. The van der Waals surface area contributed by atoms with Gasteiger partial charge in [-0.15, -0.1) is 0 Å². The maximum atomic E-state index is 10.7. The maximum Gasteiger partial charge on any atom is 0.161 e. The fourth-order valence-electron chi connectivity index (χ4n) is 2.56. The molecule has 0 amide bonds. The first-order valence-corrected chi connectivity index (χ1v) is 7.42. The summed E-state index contributed by atoms with van der Waals surface area (Å²) in [6, 6.07) is 8.13. The first-order chi connectivity index (χ1) is 9.53. The zero-order chi connectivity index (χ0) is 16.0. The minimum absolute atomic E-state index is 0.192. The molecule has 0 aliphatic heterocycles. The average molecular weight is 286 g/mol. The van der Waals surface area contributed by atoms with Gasteiger partial charge in [0.2, 0.25) is 0 Å². The molecule has 0 radical (unpaired) electrons. The molecule has 114 valence electrons. The molecule has 2 aromatic rings. The second-order valence-corrected chi connectivity index (χ2v) is 7.74. The fraction of sp³-hybridized carbons (Fsp3) is 0.500. The van der Waals surface area contributed by atoms with Crippen molar-refractivity contribution in [1.82, 2.24) is 9.78 Å². The van der Waals surface area contributed by atoms with Gasteiger partial charge in [0.1, 0.15) is 5.69 Å². The molecule has 1 N–H and O–H groups in total. The van der Waals surface area contributed by atoms with E-state index in [1.807, 2.05) is 22.9 Å². The molecule has 0 bridgehead atoms. The second-order valence-electron chi connectivity index (χ2n) is 7.74. The molecule has 0 spiro atoms. The van der Waals surface area contributed by atoms with Gasteiger partial charge in [-0.2, -0.15) is 5.10 Å². The van der Waals surface area contributed by atoms with E-state index in [0.29, 0.717) is 5.75 Å². The highest BCUT2D eigenvalue weighted by molar-refractivity contribution is 5.48. The lowest BCUT2D eigenvalue weighted by Crippen LogP contribution is -2.18. The normalized spacial score (nSPS) is 12.7. The van der Waals surface area contributed by atoms with Crippen LogP contribution >= 0.6 is 0 Å². The Labute approximate surface area is 127 Å². The van der Waals surface area contributed by atoms with Crippen LogP contribution < -0.4 is 0 Å². The second kappa shape index (κ2) is 4.90. The summed E-state index contributed by atoms with van der Waals surface area (Å²) in [5.41, 5.74) is 3.39. The predicted octanol–water partition coefficient (Wildman–Crippen LogP) is 4.48. The monoisotopic (exact) mass is 286 g/mol. The summed E-state index contributed by atoms with van der Waals surface area (Å²) >= 11 is 0. The van der Waals surface area contributed by atoms with Gasteiger partial charge in [-0.3, -0.25) is 0 Å². The Morgan fingerprint density at radius 3 is 2.00 bits per heavy atom. The van der Waals surface area contributed by atoms with Crippen molar-refractivity contribution in [2.24, 2.45) is 0 Å². The summed E-state index contributed by atoms with van der Waals surface area (Å²) in [4.78, 5) is 0. The molecule has 0 atom stereocenters. The number of rotatable bonds is 1. The number of aryl methyl sites for hydroxylation is 1. The summed E-state index contributed by atoms with van der Waals surface area (Å²) in [5.74, 6) is 0.318. The zero-order valence-corrected chi connectivity index (χ0v) is 14.2. The third-order valence-electron chi connectivity index (χ3n) is 3.62. The Morgan fingerprint density at radius 2 is 1.52 bits per heavy atom. The molecule has 21 heavy (non-hydrogen) atoms. The summed E-state index contributed by atoms with van der Waals surface area (Å²) in [5, 5.41) is 15.5. The predicted molar refractivity (Wildman–Crippen MR) is 87.4 cm³/mol. The van der Waals surface area contributed by atoms with Crippen LogP contribution in [-0.2, 0) is 10.8 Å². The molecular formula is C18H26N2O. The molecule has 0 fully saturated rings. The van der Waals surface area contributed by atoms with Crippen molar-refractivity contribution >= 4 is 0 Å². The minimum Gasteiger partial charge on any atom is -0.504 e. The average Bonchev–Trinajstić information content (AvgIpc) is 2.66. The van der Waals surface area contributed by atoms with Crippen LogP contribution in [0.15, 0.2) is 24.3 Å². The van der Waals surface area contributed by atoms with Crippen LogP contribution in [0.25, 0.3) is 5.69 Å². The van der Waals surface area contributed by atoms with Gasteiger partial charge in [0.15, 0.2) is 5.75 Å². The Bertz CT molecular complexity index is 655. The number of aromatic nitrogens is 2. The maximum absolute atomic E-state index is 10.7. The van der Waals surface area contributed by atoms with Gasteiger partial charge in [0.25, 0.3) is 0 Å². The van der Waals surface area contributed by atoms with E-state index in [1.165, 1.54) is 0 Å². The van der Waals surface area contributed by atoms with Crippen molar-refractivity contribution in [2.45, 2.75) is 59.3 Å². The molecule has 0 unspecified atom stereocenters. The highest BCUT2D eigenvalue weighted by atomic mass is 16.3. The molecule has 1 aromatic carbocycles. The van der Waals surface area contributed by atoms with Crippen LogP contribution in [0.5, 0.6) is 5.75 Å². The van der Waals surface area contributed by atoms with Gasteiger partial charge >= 0.3 is 0 Å². The fourth-order valence-corrected chi connectivity index (χ4v) is 2.56. The number of hydrogen-bond acceptors (Lipinski definition) is 2. The largest absolute Gasteiger partial charge is 0.504 e. The van der Waals surface area contributed by atoms with Crippen LogP contribution in [-0.4, -0.2) is 14.9 Å². The highest BCUT2D eigenvalue weighted by Crippen LogP contribution is 2.40. The van der Waals surface area contributed by atoms with E-state index in [1.54, 1.807) is 0 Å². The molecular weight excluding hydrogens is 260 g/mol. The highest BCUT2D eigenvalue weighted by Gasteiger charge is 2.32. The Balaban J connectivity index is 2.80. The number of benzene rings is 1. The molecule has 1 aromatic heterocycles. The molecule has 1 heterocycles. The van der Waals surface area contributed by atoms with Crippen molar-refractivity contribution in [3.8, 4) is 11.4 Å². The molecule has 0 saturated heterocycles. The van der Waals surface area contributed by atoms with Crippen molar-refractivity contribution in [1.29, 1.82) is 0 Å². The zero-order valence-electron chi connectivity index (χ0n) is 14.2. The van der Waals surface area contributed by atoms with E-state index in [2.05, 4.69) is 54.5 Å². The quantitative estimate of drug-likeness (QED) is 0.839. The molecule has 0 aliphatic rings. The Kier molecular flexibility index (Phi) is 3.64. The topological polar surface area (TPSA) is 38.0 Å².